The number of benzene rings is 1. The molecule has 1 amide bonds. The van der Waals surface area contributed by atoms with Crippen LogP contribution in [-0.2, 0) is 9.53 Å². The molecule has 5 nitrogen and oxygen atoms in total. The Bertz CT molecular complexity index is 507. The largest absolute Gasteiger partial charge is 0.378 e. The van der Waals surface area contributed by atoms with Gasteiger partial charge in [0.2, 0.25) is 5.91 Å². The zero-order chi connectivity index (χ0) is 13.7. The molecule has 0 saturated carbocycles. The van der Waals surface area contributed by atoms with Crippen LogP contribution in [0.3, 0.4) is 0 Å². The number of carbonyl (C=O) groups is 1. The van der Waals surface area contributed by atoms with Gasteiger partial charge in [-0.2, -0.15) is 5.26 Å². The lowest BCUT2D eigenvalue weighted by molar-refractivity contribution is -0.133. The lowest BCUT2D eigenvalue weighted by Gasteiger charge is -2.27. The number of halogens is 1. The normalized spacial score (nSPS) is 14.8. The summed E-state index contributed by atoms with van der Waals surface area (Å²) in [6.45, 7) is 2.52. The van der Waals surface area contributed by atoms with Crippen LogP contribution in [-0.4, -0.2) is 43.7 Å². The molecule has 1 saturated heterocycles. The van der Waals surface area contributed by atoms with Crippen molar-refractivity contribution >= 4 is 23.2 Å². The Hall–Kier alpha value is -1.77. The zero-order valence-corrected chi connectivity index (χ0v) is 11.1. The summed E-state index contributed by atoms with van der Waals surface area (Å²) < 4.78 is 5.19. The number of hydrogen-bond acceptors (Lipinski definition) is 4. The second-order valence-corrected chi connectivity index (χ2v) is 4.58. The number of morpholine rings is 1. The average molecular weight is 280 g/mol. The van der Waals surface area contributed by atoms with Gasteiger partial charge >= 0.3 is 0 Å². The Labute approximate surface area is 116 Å². The number of ether oxygens (including phenoxy) is 1. The third kappa shape index (κ3) is 3.60. The van der Waals surface area contributed by atoms with Crippen LogP contribution in [0.1, 0.15) is 5.56 Å². The Morgan fingerprint density at radius 2 is 2.21 bits per heavy atom. The minimum absolute atomic E-state index is 0.00725. The molecule has 0 unspecified atom stereocenters. The molecule has 0 bridgehead atoms. The standard InChI is InChI=1S/C13H14ClN3O2/c14-11-2-1-10(8-15)12(7-11)16-9-13(18)17-3-5-19-6-4-17/h1-2,7,16H,3-6,9H2. The van der Waals surface area contributed by atoms with Gasteiger partial charge in [0.15, 0.2) is 0 Å². The van der Waals surface area contributed by atoms with Crippen molar-refractivity contribution in [2.24, 2.45) is 0 Å². The molecule has 1 aliphatic heterocycles. The first-order valence-electron chi connectivity index (χ1n) is 6.00. The summed E-state index contributed by atoms with van der Waals surface area (Å²) >= 11 is 5.88. The van der Waals surface area contributed by atoms with Crippen LogP contribution in [0.5, 0.6) is 0 Å². The first kappa shape index (κ1) is 13.7. The van der Waals surface area contributed by atoms with E-state index in [1.165, 1.54) is 0 Å². The first-order chi connectivity index (χ1) is 9.20. The van der Waals surface area contributed by atoms with Gasteiger partial charge in [0.05, 0.1) is 31.0 Å². The maximum Gasteiger partial charge on any atom is 0.242 e. The molecule has 1 fully saturated rings. The number of hydrogen-bond donors (Lipinski definition) is 1. The molecule has 0 radical (unpaired) electrons. The van der Waals surface area contributed by atoms with Crippen LogP contribution in [0.25, 0.3) is 0 Å². The van der Waals surface area contributed by atoms with E-state index in [0.29, 0.717) is 42.6 Å². The molecule has 100 valence electrons. The summed E-state index contributed by atoms with van der Waals surface area (Å²) in [5, 5.41) is 12.5. The molecule has 1 N–H and O–H groups in total. The van der Waals surface area contributed by atoms with E-state index in [9.17, 15) is 4.79 Å². The van der Waals surface area contributed by atoms with Gasteiger partial charge in [-0.1, -0.05) is 11.6 Å². The molecule has 6 heteroatoms. The molecule has 2 rings (SSSR count). The van der Waals surface area contributed by atoms with Gasteiger partial charge in [-0.3, -0.25) is 4.79 Å². The molecular weight excluding hydrogens is 266 g/mol. The number of amides is 1. The zero-order valence-electron chi connectivity index (χ0n) is 10.4. The fourth-order valence-electron chi connectivity index (χ4n) is 1.86. The Balaban J connectivity index is 1.96. The number of nitrogens with zero attached hydrogens (tertiary/aromatic N) is 2. The van der Waals surface area contributed by atoms with E-state index in [4.69, 9.17) is 21.6 Å². The molecule has 0 aliphatic carbocycles. The number of carbonyl (C=O) groups excluding carboxylic acids is 1. The SMILES string of the molecule is N#Cc1ccc(Cl)cc1NCC(=O)N1CCOCC1. The highest BCUT2D eigenvalue weighted by Crippen LogP contribution is 2.20. The molecule has 1 heterocycles. The van der Waals surface area contributed by atoms with Crippen LogP contribution in [0.4, 0.5) is 5.69 Å². The summed E-state index contributed by atoms with van der Waals surface area (Å²) in [5.74, 6) is -0.00725. The van der Waals surface area contributed by atoms with E-state index < -0.39 is 0 Å². The van der Waals surface area contributed by atoms with Gasteiger partial charge in [-0.25, -0.2) is 0 Å². The molecule has 0 atom stereocenters. The Morgan fingerprint density at radius 3 is 2.89 bits per heavy atom. The molecule has 1 aliphatic rings. The Morgan fingerprint density at radius 1 is 1.47 bits per heavy atom. The predicted molar refractivity (Wildman–Crippen MR) is 72.1 cm³/mol. The van der Waals surface area contributed by atoms with Crippen LogP contribution in [0, 0.1) is 11.3 Å². The third-order valence-electron chi connectivity index (χ3n) is 2.90. The van der Waals surface area contributed by atoms with Gasteiger partial charge in [0.1, 0.15) is 6.07 Å². The summed E-state index contributed by atoms with van der Waals surface area (Å²) in [6, 6.07) is 6.98. The fourth-order valence-corrected chi connectivity index (χ4v) is 2.03. The predicted octanol–water partition coefficient (Wildman–Crippen LogP) is 1.48. The molecule has 1 aromatic carbocycles. The van der Waals surface area contributed by atoms with Gasteiger partial charge in [-0.05, 0) is 18.2 Å². The summed E-state index contributed by atoms with van der Waals surface area (Å²) in [7, 11) is 0. The van der Waals surface area contributed by atoms with Crippen LogP contribution < -0.4 is 5.32 Å². The second-order valence-electron chi connectivity index (χ2n) is 4.15. The molecule has 19 heavy (non-hydrogen) atoms. The fraction of sp³-hybridized carbons (Fsp3) is 0.385. The van der Waals surface area contributed by atoms with E-state index in [1.54, 1.807) is 23.1 Å². The molecule has 1 aromatic rings. The highest BCUT2D eigenvalue weighted by molar-refractivity contribution is 6.30. The number of nitrogens with one attached hydrogen (secondary N) is 1. The highest BCUT2D eigenvalue weighted by Gasteiger charge is 2.16. The monoisotopic (exact) mass is 279 g/mol. The number of rotatable bonds is 3. The van der Waals surface area contributed by atoms with Crippen molar-refractivity contribution in [2.75, 3.05) is 38.2 Å². The topological polar surface area (TPSA) is 65.4 Å². The maximum atomic E-state index is 11.9. The minimum Gasteiger partial charge on any atom is -0.378 e. The quantitative estimate of drug-likeness (QED) is 0.910. The average Bonchev–Trinajstić information content (AvgIpc) is 2.46. The van der Waals surface area contributed by atoms with E-state index in [0.717, 1.165) is 0 Å². The van der Waals surface area contributed by atoms with E-state index >= 15 is 0 Å². The minimum atomic E-state index is -0.00725. The molecular formula is C13H14ClN3O2. The molecule has 0 aromatic heterocycles. The van der Waals surface area contributed by atoms with Crippen molar-refractivity contribution in [1.29, 1.82) is 5.26 Å². The summed E-state index contributed by atoms with van der Waals surface area (Å²) in [6.07, 6.45) is 0. The lowest BCUT2D eigenvalue weighted by atomic mass is 10.2. The van der Waals surface area contributed by atoms with E-state index in [2.05, 4.69) is 11.4 Å². The van der Waals surface area contributed by atoms with Crippen LogP contribution in [0.15, 0.2) is 18.2 Å². The van der Waals surface area contributed by atoms with E-state index in [-0.39, 0.29) is 12.5 Å². The van der Waals surface area contributed by atoms with Crippen LogP contribution in [0.2, 0.25) is 5.02 Å². The van der Waals surface area contributed by atoms with Gasteiger partial charge in [0, 0.05) is 18.1 Å². The number of anilines is 1. The van der Waals surface area contributed by atoms with Gasteiger partial charge in [0.25, 0.3) is 0 Å². The molecule has 0 spiro atoms. The smallest absolute Gasteiger partial charge is 0.242 e. The van der Waals surface area contributed by atoms with Crippen molar-refractivity contribution in [1.82, 2.24) is 4.90 Å². The first-order valence-corrected chi connectivity index (χ1v) is 6.37. The van der Waals surface area contributed by atoms with E-state index in [1.807, 2.05) is 0 Å². The number of nitriles is 1. The second kappa shape index (κ2) is 6.41. The van der Waals surface area contributed by atoms with Crippen molar-refractivity contribution in [3.8, 4) is 6.07 Å². The Kier molecular flexibility index (Phi) is 4.61. The maximum absolute atomic E-state index is 11.9. The third-order valence-corrected chi connectivity index (χ3v) is 3.13. The van der Waals surface area contributed by atoms with Crippen molar-refractivity contribution in [3.63, 3.8) is 0 Å². The summed E-state index contributed by atoms with van der Waals surface area (Å²) in [4.78, 5) is 13.7. The van der Waals surface area contributed by atoms with Gasteiger partial charge < -0.3 is 15.0 Å². The van der Waals surface area contributed by atoms with Crippen molar-refractivity contribution < 1.29 is 9.53 Å². The van der Waals surface area contributed by atoms with Gasteiger partial charge in [-0.15, -0.1) is 0 Å². The highest BCUT2D eigenvalue weighted by atomic mass is 35.5. The van der Waals surface area contributed by atoms with Crippen LogP contribution >= 0.6 is 11.6 Å². The van der Waals surface area contributed by atoms with Crippen molar-refractivity contribution in [3.05, 3.63) is 28.8 Å². The lowest BCUT2D eigenvalue weighted by Crippen LogP contribution is -2.43. The summed E-state index contributed by atoms with van der Waals surface area (Å²) in [5.41, 5.74) is 1.05. The van der Waals surface area contributed by atoms with Crippen molar-refractivity contribution in [2.45, 2.75) is 0 Å².